The standard InChI is InChI=1S/C77H118F8N12O14/c1-12-45(3)64-72(107)91(6)44-62(100)92(7)55-22-15-14-18-33-96(71(55)106)59(39-47-25-28-50(29-26-47)76(80,81)82)70(105)90(5)43-60(98)86-54(30-27-48-36-52(78)63(53(79)37-48)77(83,84)85)68(103)97-42-51(111-13-2)40-57(97)67(102)88-75(31-19-32-75)74(109)95(10)65(49-20-16-17-21-49)73(108)94(9)58(69(104)89(4)34-35-110-11)41-61(99)93(8)56(66(101)87-64)38-46-23-24-46/h14-15,45-59,63-65H,12-13,16-44H2,1-11H3,(H,86,98)(H,87,101)(H,88,102)/b15-14-/t45-,47?,48?,50?,51+,52?,53?,54-,55-,56-,57-,58-,59-,63?,64-,65-/m0/s1. The third kappa shape index (κ3) is 22.0. The molecule has 12 atom stereocenters. The summed E-state index contributed by atoms with van der Waals surface area (Å²) in [6, 6.07) is -11.4. The highest BCUT2D eigenvalue weighted by Gasteiger charge is 2.56. The van der Waals surface area contributed by atoms with Gasteiger partial charge in [0, 0.05) is 89.1 Å². The number of nitrogens with zero attached hydrogens (tertiary/aromatic N) is 9. The Hall–Kier alpha value is -7.26. The summed E-state index contributed by atoms with van der Waals surface area (Å²) in [5, 5.41) is 8.46. The molecule has 8 rings (SSSR count). The van der Waals surface area contributed by atoms with E-state index in [1.165, 1.54) is 76.0 Å². The number of nitrogens with one attached hydrogen (secondary N) is 3. The van der Waals surface area contributed by atoms with E-state index in [4.69, 9.17) is 9.47 Å². The third-order valence-corrected chi connectivity index (χ3v) is 25.0. The van der Waals surface area contributed by atoms with Gasteiger partial charge in [0.05, 0.1) is 38.1 Å². The van der Waals surface area contributed by atoms with E-state index in [2.05, 4.69) is 16.0 Å². The fraction of sp³-hybridized carbons (Fsp3) is 0.818. The van der Waals surface area contributed by atoms with E-state index in [-0.39, 0.29) is 116 Å². The van der Waals surface area contributed by atoms with Gasteiger partial charge in [-0.25, -0.2) is 8.78 Å². The molecule has 626 valence electrons. The van der Waals surface area contributed by atoms with Crippen LogP contribution in [0.1, 0.15) is 175 Å². The van der Waals surface area contributed by atoms with Gasteiger partial charge < -0.3 is 69.5 Å². The molecule has 5 aliphatic carbocycles. The van der Waals surface area contributed by atoms with Crippen LogP contribution in [0.2, 0.25) is 0 Å². The molecule has 0 aromatic rings. The highest BCUT2D eigenvalue weighted by Crippen LogP contribution is 2.46. The van der Waals surface area contributed by atoms with E-state index in [1.807, 2.05) is 0 Å². The number of alkyl halides is 8. The second-order valence-corrected chi connectivity index (χ2v) is 32.7. The van der Waals surface area contributed by atoms with E-state index in [9.17, 15) is 45.5 Å². The average Bonchev–Trinajstić information content (AvgIpc) is 1.75. The zero-order valence-corrected chi connectivity index (χ0v) is 66.2. The smallest absolute Gasteiger partial charge is 0.383 e. The summed E-state index contributed by atoms with van der Waals surface area (Å²) in [5.74, 6) is -16.8. The predicted octanol–water partition coefficient (Wildman–Crippen LogP) is 6.12. The fourth-order valence-electron chi connectivity index (χ4n) is 17.5. The van der Waals surface area contributed by atoms with E-state index < -0.39 is 230 Å². The lowest BCUT2D eigenvalue weighted by Gasteiger charge is -2.46. The Labute approximate surface area is 646 Å². The fourth-order valence-corrected chi connectivity index (χ4v) is 17.5. The van der Waals surface area contributed by atoms with Crippen LogP contribution >= 0.6 is 0 Å². The maximum absolute atomic E-state index is 15.7. The van der Waals surface area contributed by atoms with Crippen LogP contribution in [-0.2, 0) is 67.0 Å². The second kappa shape index (κ2) is 38.7. The molecule has 26 nitrogen and oxygen atoms in total. The Morgan fingerprint density at radius 1 is 0.640 bits per heavy atom. The van der Waals surface area contributed by atoms with Gasteiger partial charge in [-0.05, 0) is 146 Å². The van der Waals surface area contributed by atoms with E-state index in [0.29, 0.717) is 38.5 Å². The van der Waals surface area contributed by atoms with Gasteiger partial charge in [-0.3, -0.25) is 57.5 Å². The zero-order chi connectivity index (χ0) is 81.9. The van der Waals surface area contributed by atoms with Crippen LogP contribution in [0.15, 0.2) is 12.2 Å². The number of methoxy groups -OCH3 is 1. The Balaban J connectivity index is 1.21. The Morgan fingerprint density at radius 3 is 1.82 bits per heavy atom. The number of hydrogen-bond donors (Lipinski definition) is 3. The predicted molar refractivity (Wildman–Crippen MR) is 390 cm³/mol. The lowest BCUT2D eigenvalue weighted by atomic mass is 9.74. The first-order valence-corrected chi connectivity index (χ1v) is 39.8. The molecule has 3 N–H and O–H groups in total. The van der Waals surface area contributed by atoms with Gasteiger partial charge in [0.15, 0.2) is 0 Å². The Bertz CT molecular complexity index is 3320. The van der Waals surface area contributed by atoms with Crippen LogP contribution in [0, 0.1) is 41.4 Å². The number of halogens is 8. The molecule has 12 amide bonds. The van der Waals surface area contributed by atoms with Crippen LogP contribution in [0.3, 0.4) is 0 Å². The number of carbonyl (C=O) groups excluding carboxylic acids is 12. The number of hydrogen-bond acceptors (Lipinski definition) is 14. The van der Waals surface area contributed by atoms with Crippen LogP contribution in [0.4, 0.5) is 35.1 Å². The lowest BCUT2D eigenvalue weighted by Crippen LogP contribution is -2.68. The molecule has 5 saturated carbocycles. The number of carbonyl (C=O) groups is 12. The van der Waals surface area contributed by atoms with Gasteiger partial charge in [0.1, 0.15) is 72.1 Å². The van der Waals surface area contributed by atoms with Crippen molar-refractivity contribution < 1.29 is 102 Å². The van der Waals surface area contributed by atoms with Gasteiger partial charge in [0.25, 0.3) is 0 Å². The minimum atomic E-state index is -5.22. The van der Waals surface area contributed by atoms with Crippen molar-refractivity contribution in [2.45, 2.75) is 260 Å². The SMILES string of the molecule is CCO[C@@H]1C[C@H]2C(=O)NC3(CCC3)C(=O)N(C)[C@@H](C3CCCC3)C(=O)N(C)[C@H](C(=O)N(C)CCOC)CC(=O)N(C)[C@@H](CC3CC3)C(=O)N[C@@H]([C@@H](C)CC)C(=O)N(C)CC(=O)N(C)[C@H]3C/C=C\CCN(C3=O)[C@@H](CC3CCC(C(F)(F)F)CC3)C(=O)N(C)CC(=O)N[C@@H](CCC3CC(F)C(C(F)(F)F)C(F)C3)C(=O)N2C1. The molecule has 1 spiro atoms. The summed E-state index contributed by atoms with van der Waals surface area (Å²) in [7, 11) is 10.9. The molecular weight excluding hydrogens is 1470 g/mol. The maximum Gasteiger partial charge on any atom is 0.397 e. The van der Waals surface area contributed by atoms with Crippen LogP contribution in [0.25, 0.3) is 0 Å². The first-order chi connectivity index (χ1) is 52.3. The molecule has 111 heavy (non-hydrogen) atoms. The van der Waals surface area contributed by atoms with Crippen LogP contribution in [0.5, 0.6) is 0 Å². The summed E-state index contributed by atoms with van der Waals surface area (Å²) in [6.45, 7) is 3.34. The highest BCUT2D eigenvalue weighted by molar-refractivity contribution is 6.01. The minimum absolute atomic E-state index is 0.00530. The molecular formula is C77H118F8N12O14. The summed E-state index contributed by atoms with van der Waals surface area (Å²) in [4.78, 5) is 193. The van der Waals surface area contributed by atoms with E-state index in [1.54, 1.807) is 32.9 Å². The quantitative estimate of drug-likeness (QED) is 0.116. The molecule has 2 bridgehead atoms. The van der Waals surface area contributed by atoms with Crippen molar-refractivity contribution in [3.05, 3.63) is 12.2 Å². The first kappa shape index (κ1) is 89.3. The number of amides is 12. The maximum atomic E-state index is 15.7. The molecule has 2 saturated heterocycles. The lowest BCUT2D eigenvalue weighted by molar-refractivity contribution is -0.219. The van der Waals surface area contributed by atoms with Gasteiger partial charge in [-0.15, -0.1) is 0 Å². The van der Waals surface area contributed by atoms with Gasteiger partial charge in [-0.1, -0.05) is 58.1 Å². The molecule has 7 fully saturated rings. The molecule has 8 aliphatic rings. The molecule has 3 aliphatic heterocycles. The highest BCUT2D eigenvalue weighted by atomic mass is 19.4. The van der Waals surface area contributed by atoms with Crippen molar-refractivity contribution in [1.29, 1.82) is 0 Å². The van der Waals surface area contributed by atoms with Gasteiger partial charge in [0.2, 0.25) is 70.9 Å². The Kier molecular flexibility index (Phi) is 31.1. The van der Waals surface area contributed by atoms with Crippen LogP contribution < -0.4 is 16.0 Å². The third-order valence-electron chi connectivity index (χ3n) is 25.0. The van der Waals surface area contributed by atoms with Gasteiger partial charge in [-0.2, -0.15) is 26.3 Å². The normalized spacial score (nSPS) is 32.1. The summed E-state index contributed by atoms with van der Waals surface area (Å²) in [5.41, 5.74) is -1.70. The van der Waals surface area contributed by atoms with Crippen LogP contribution in [-0.4, -0.2) is 302 Å². The monoisotopic (exact) mass is 1590 g/mol. The largest absolute Gasteiger partial charge is 0.397 e. The number of fused-ring (bicyclic) bond motifs is 3. The van der Waals surface area contributed by atoms with E-state index >= 15 is 47.1 Å². The first-order valence-electron chi connectivity index (χ1n) is 39.8. The van der Waals surface area contributed by atoms with Crippen molar-refractivity contribution in [1.82, 2.24) is 60.0 Å². The zero-order valence-electron chi connectivity index (χ0n) is 66.2. The van der Waals surface area contributed by atoms with Crippen molar-refractivity contribution in [2.24, 2.45) is 41.4 Å². The van der Waals surface area contributed by atoms with Gasteiger partial charge >= 0.3 is 12.4 Å². The molecule has 3 heterocycles. The summed E-state index contributed by atoms with van der Waals surface area (Å²) in [6.07, 6.45) is -11.7. The number of ether oxygens (including phenoxy) is 2. The Morgan fingerprint density at radius 2 is 1.25 bits per heavy atom. The van der Waals surface area contributed by atoms with E-state index in [0.717, 1.165) is 37.3 Å². The average molecular weight is 1590 g/mol. The summed E-state index contributed by atoms with van der Waals surface area (Å²) < 4.78 is 127. The van der Waals surface area contributed by atoms with Crippen molar-refractivity contribution in [2.75, 3.05) is 102 Å². The topological polar surface area (TPSA) is 289 Å². The molecule has 0 aromatic carbocycles. The second-order valence-electron chi connectivity index (χ2n) is 32.7. The van der Waals surface area contributed by atoms with Crippen molar-refractivity contribution in [3.63, 3.8) is 0 Å². The molecule has 0 radical (unpaired) electrons. The van der Waals surface area contributed by atoms with Crippen molar-refractivity contribution in [3.8, 4) is 0 Å². The molecule has 0 aromatic heterocycles. The molecule has 2 unspecified atom stereocenters. The number of rotatable bonds is 16. The van der Waals surface area contributed by atoms with Crippen molar-refractivity contribution >= 4 is 70.9 Å². The molecule has 34 heteroatoms. The number of likely N-dealkylation sites (N-methyl/N-ethyl adjacent to an activating group) is 7. The summed E-state index contributed by atoms with van der Waals surface area (Å²) >= 11 is 0. The minimum Gasteiger partial charge on any atom is -0.383 e.